The van der Waals surface area contributed by atoms with Gasteiger partial charge in [-0.3, -0.25) is 4.79 Å². The summed E-state index contributed by atoms with van der Waals surface area (Å²) in [5, 5.41) is 26.8. The molecule has 3 aromatic rings. The number of rotatable bonds is 18. The van der Waals surface area contributed by atoms with Gasteiger partial charge in [0.1, 0.15) is 0 Å². The molecule has 4 N–H and O–H groups in total. The highest BCUT2D eigenvalue weighted by molar-refractivity contribution is 5.82. The summed E-state index contributed by atoms with van der Waals surface area (Å²) in [4.78, 5) is 30.9. The van der Waals surface area contributed by atoms with Crippen LogP contribution in [0.2, 0.25) is 0 Å². The number of aromatic nitrogens is 1. The number of piperidine rings is 1. The minimum absolute atomic E-state index is 0.0572. The van der Waals surface area contributed by atoms with Crippen molar-refractivity contribution >= 4 is 16.9 Å². The molecule has 0 amide bonds. The Bertz CT molecular complexity index is 1500. The van der Waals surface area contributed by atoms with Crippen molar-refractivity contribution < 1.29 is 19.7 Å². The van der Waals surface area contributed by atoms with Crippen LogP contribution >= 0.6 is 0 Å². The largest absolute Gasteiger partial charge is 0.463 e. The quantitative estimate of drug-likeness (QED) is 0.0850. The number of carbonyl (C=O) groups is 1. The lowest BCUT2D eigenvalue weighted by atomic mass is 9.73. The van der Waals surface area contributed by atoms with E-state index in [1.54, 1.807) is 0 Å². The summed E-state index contributed by atoms with van der Waals surface area (Å²) >= 11 is 0. The second-order valence-electron chi connectivity index (χ2n) is 15.0. The van der Waals surface area contributed by atoms with Gasteiger partial charge in [-0.1, -0.05) is 107 Å². The zero-order chi connectivity index (χ0) is 34.5. The number of esters is 1. The van der Waals surface area contributed by atoms with Gasteiger partial charge in [-0.2, -0.15) is 0 Å². The molecule has 49 heavy (non-hydrogen) atoms. The maximum atomic E-state index is 13.5. The number of aliphatic hydroxyl groups excluding tert-OH is 1. The highest BCUT2D eigenvalue weighted by Crippen LogP contribution is 2.41. The van der Waals surface area contributed by atoms with Gasteiger partial charge in [0.25, 0.3) is 0 Å². The molecule has 2 fully saturated rings. The van der Waals surface area contributed by atoms with E-state index in [9.17, 15) is 19.8 Å². The lowest BCUT2D eigenvalue weighted by Crippen LogP contribution is -2.47. The number of hydrogen-bond donors (Lipinski definition) is 4. The maximum absolute atomic E-state index is 13.5. The smallest absolute Gasteiger partial charge is 0.343 e. The Hall–Kier alpha value is -3.04. The van der Waals surface area contributed by atoms with Gasteiger partial charge in [0.05, 0.1) is 12.7 Å². The van der Waals surface area contributed by atoms with Gasteiger partial charge in [-0.15, -0.1) is 0 Å². The average molecular weight is 674 g/mol. The average Bonchev–Trinajstić information content (AvgIpc) is 3.13. The lowest BCUT2D eigenvalue weighted by molar-refractivity contribution is -0.179. The van der Waals surface area contributed by atoms with Crippen LogP contribution in [0.4, 0.5) is 0 Å². The number of fused-ring (bicyclic) bond motifs is 1. The minimum atomic E-state index is -1.57. The van der Waals surface area contributed by atoms with Crippen LogP contribution in [0.25, 0.3) is 10.9 Å². The zero-order valence-electron chi connectivity index (χ0n) is 29.6. The highest BCUT2D eigenvalue weighted by Gasteiger charge is 2.47. The number of aliphatic hydroxyl groups is 2. The monoisotopic (exact) mass is 673 g/mol. The molecule has 2 atom stereocenters. The normalized spacial score (nSPS) is 19.0. The van der Waals surface area contributed by atoms with E-state index in [0.29, 0.717) is 24.3 Å². The first kappa shape index (κ1) is 37.2. The number of nitrogens with zero attached hydrogens (tertiary/aromatic N) is 1. The summed E-state index contributed by atoms with van der Waals surface area (Å²) in [6.07, 6.45) is 14.7. The number of carbonyl (C=O) groups excluding carboxylic acids is 1. The molecule has 0 spiro atoms. The summed E-state index contributed by atoms with van der Waals surface area (Å²) in [6.45, 7) is 7.07. The third-order valence-electron chi connectivity index (χ3n) is 11.1. The van der Waals surface area contributed by atoms with Crippen LogP contribution < -0.4 is 10.9 Å². The van der Waals surface area contributed by atoms with Gasteiger partial charge in [-0.05, 0) is 81.9 Å². The summed E-state index contributed by atoms with van der Waals surface area (Å²) in [6, 6.07) is 18.5. The Balaban J connectivity index is 0.909. The third kappa shape index (κ3) is 10.3. The fourth-order valence-electron chi connectivity index (χ4n) is 7.87. The predicted molar refractivity (Wildman–Crippen MR) is 196 cm³/mol. The van der Waals surface area contributed by atoms with E-state index in [1.807, 2.05) is 54.6 Å². The summed E-state index contributed by atoms with van der Waals surface area (Å²) in [5.41, 5.74) is 0.273. The number of unbranched alkanes of at least 4 members (excludes halogenated alkanes) is 6. The van der Waals surface area contributed by atoms with E-state index in [1.165, 1.54) is 44.6 Å². The van der Waals surface area contributed by atoms with Crippen molar-refractivity contribution in [3.8, 4) is 0 Å². The number of likely N-dealkylation sites (tertiary alicyclic amines) is 1. The first-order valence-corrected chi connectivity index (χ1v) is 19.0. The molecular formula is C41H59N3O5. The van der Waals surface area contributed by atoms with E-state index in [0.717, 1.165) is 88.4 Å². The van der Waals surface area contributed by atoms with Gasteiger partial charge < -0.3 is 30.2 Å². The standard InChI is InChI=1S/C41H59N3O5/c1-40(31-49-39(47)41(48,32-17-9-7-10-18-32)33-19-11-8-12-20-33)23-27-44(28-24-40)26-16-6-4-2-3-5-15-25-42-30-37(45)35-29-38(46)43-36-22-14-13-21-34(35)36/h7,9-10,13-14,17-18,21-22,29,33,37,42,45,48H,2-6,8,11-12,15-16,19-20,23-28,30-31H2,1H3,(H,43,46)/t37-,41?/m0/s1. The van der Waals surface area contributed by atoms with Crippen LogP contribution in [-0.2, 0) is 15.1 Å². The maximum Gasteiger partial charge on any atom is 0.343 e. The minimum Gasteiger partial charge on any atom is -0.463 e. The van der Waals surface area contributed by atoms with Crippen molar-refractivity contribution in [3.05, 3.63) is 82.1 Å². The van der Waals surface area contributed by atoms with Gasteiger partial charge in [-0.25, -0.2) is 4.79 Å². The first-order chi connectivity index (χ1) is 23.8. The lowest BCUT2D eigenvalue weighted by Gasteiger charge is -2.41. The van der Waals surface area contributed by atoms with Crippen LogP contribution in [0.5, 0.6) is 0 Å². The van der Waals surface area contributed by atoms with Crippen molar-refractivity contribution in [2.24, 2.45) is 11.3 Å². The molecule has 8 nitrogen and oxygen atoms in total. The van der Waals surface area contributed by atoms with Gasteiger partial charge in [0.15, 0.2) is 5.60 Å². The molecule has 1 saturated heterocycles. The Labute approximate surface area is 292 Å². The van der Waals surface area contributed by atoms with Gasteiger partial charge in [0.2, 0.25) is 5.56 Å². The first-order valence-electron chi connectivity index (χ1n) is 19.0. The Morgan fingerprint density at radius 1 is 0.959 bits per heavy atom. The van der Waals surface area contributed by atoms with Crippen LogP contribution in [0.15, 0.2) is 65.5 Å². The topological polar surface area (TPSA) is 115 Å². The predicted octanol–water partition coefficient (Wildman–Crippen LogP) is 7.00. The number of aromatic amines is 1. The SMILES string of the molecule is CC1(COC(=O)C(O)(c2ccccc2)C2CCCCC2)CCN(CCCCCCCCCNC[C@H](O)c2cc(=O)[nH]c3ccccc23)CC1. The van der Waals surface area contributed by atoms with Crippen LogP contribution in [0, 0.1) is 11.3 Å². The van der Waals surface area contributed by atoms with E-state index in [2.05, 4.69) is 22.1 Å². The van der Waals surface area contributed by atoms with E-state index >= 15 is 0 Å². The number of benzene rings is 2. The molecule has 1 aromatic heterocycles. The van der Waals surface area contributed by atoms with Crippen LogP contribution in [-0.4, -0.2) is 65.4 Å². The Kier molecular flexibility index (Phi) is 13.9. The number of ether oxygens (including phenoxy) is 1. The van der Waals surface area contributed by atoms with Crippen LogP contribution in [0.3, 0.4) is 0 Å². The fraction of sp³-hybridized carbons (Fsp3) is 0.610. The van der Waals surface area contributed by atoms with Gasteiger partial charge in [0, 0.05) is 34.8 Å². The van der Waals surface area contributed by atoms with Crippen molar-refractivity contribution in [2.75, 3.05) is 39.3 Å². The van der Waals surface area contributed by atoms with Crippen molar-refractivity contribution in [1.82, 2.24) is 15.2 Å². The fourth-order valence-corrected chi connectivity index (χ4v) is 7.87. The number of pyridine rings is 1. The van der Waals surface area contributed by atoms with Gasteiger partial charge >= 0.3 is 5.97 Å². The molecule has 8 heteroatoms. The molecule has 1 aliphatic heterocycles. The molecular weight excluding hydrogens is 614 g/mol. The molecule has 2 aromatic carbocycles. The Morgan fingerprint density at radius 2 is 1.61 bits per heavy atom. The van der Waals surface area contributed by atoms with Crippen molar-refractivity contribution in [3.63, 3.8) is 0 Å². The molecule has 1 unspecified atom stereocenters. The zero-order valence-corrected chi connectivity index (χ0v) is 29.6. The van der Waals surface area contributed by atoms with E-state index in [-0.39, 0.29) is 16.9 Å². The van der Waals surface area contributed by atoms with Crippen LogP contribution in [0.1, 0.15) is 114 Å². The van der Waals surface area contributed by atoms with E-state index < -0.39 is 17.7 Å². The number of para-hydroxylation sites is 1. The molecule has 0 radical (unpaired) electrons. The molecule has 268 valence electrons. The number of H-pyrrole nitrogens is 1. The Morgan fingerprint density at radius 3 is 2.35 bits per heavy atom. The highest BCUT2D eigenvalue weighted by atomic mass is 16.6. The molecule has 2 aliphatic rings. The molecule has 0 bridgehead atoms. The van der Waals surface area contributed by atoms with E-state index in [4.69, 9.17) is 4.74 Å². The molecule has 1 saturated carbocycles. The third-order valence-corrected chi connectivity index (χ3v) is 11.1. The summed E-state index contributed by atoms with van der Waals surface area (Å²) in [5.74, 6) is -0.565. The number of hydrogen-bond acceptors (Lipinski definition) is 7. The molecule has 5 rings (SSSR count). The molecule has 2 heterocycles. The number of nitrogens with one attached hydrogen (secondary N) is 2. The summed E-state index contributed by atoms with van der Waals surface area (Å²) < 4.78 is 5.97. The second kappa shape index (κ2) is 18.3. The summed E-state index contributed by atoms with van der Waals surface area (Å²) in [7, 11) is 0. The molecule has 1 aliphatic carbocycles. The second-order valence-corrected chi connectivity index (χ2v) is 15.0. The van der Waals surface area contributed by atoms with Crippen molar-refractivity contribution in [2.45, 2.75) is 109 Å². The van der Waals surface area contributed by atoms with Crippen molar-refractivity contribution in [1.29, 1.82) is 0 Å².